The summed E-state index contributed by atoms with van der Waals surface area (Å²) in [5.74, 6) is -0.415. The minimum absolute atomic E-state index is 0.182. The number of sulfonamides is 1. The fourth-order valence-corrected chi connectivity index (χ4v) is 10.2. The Labute approximate surface area is 342 Å². The zero-order valence-corrected chi connectivity index (χ0v) is 34.7. The van der Waals surface area contributed by atoms with Gasteiger partial charge in [-0.1, -0.05) is 43.2 Å². The molecular weight excluding hydrogens is 762 g/mol. The average Bonchev–Trinajstić information content (AvgIpc) is 3.21. The zero-order valence-electron chi connectivity index (χ0n) is 33.1. The predicted molar refractivity (Wildman–Crippen MR) is 228 cm³/mol. The average molecular weight is 818 g/mol. The van der Waals surface area contributed by atoms with Crippen LogP contribution in [0.3, 0.4) is 0 Å². The molecule has 0 spiro atoms. The topological polar surface area (TPSA) is 140 Å². The number of amides is 1. The summed E-state index contributed by atoms with van der Waals surface area (Å²) in [6.07, 6.45) is 7.59. The number of nitrogens with one attached hydrogen (secondary N) is 3. The van der Waals surface area contributed by atoms with E-state index in [1.807, 2.05) is 24.3 Å². The lowest BCUT2D eigenvalue weighted by molar-refractivity contribution is -0.384. The Bertz CT molecular complexity index is 2040. The highest BCUT2D eigenvalue weighted by Crippen LogP contribution is 2.43. The summed E-state index contributed by atoms with van der Waals surface area (Å²) < 4.78 is 28.7. The molecule has 0 bridgehead atoms. The van der Waals surface area contributed by atoms with Crippen molar-refractivity contribution in [2.24, 2.45) is 11.3 Å². The van der Waals surface area contributed by atoms with Gasteiger partial charge in [0, 0.05) is 93.8 Å². The maximum atomic E-state index is 13.3. The Morgan fingerprint density at radius 3 is 2.28 bits per heavy atom. The number of anilines is 2. The Hall–Kier alpha value is -4.01. The van der Waals surface area contributed by atoms with Gasteiger partial charge in [0.25, 0.3) is 21.6 Å². The van der Waals surface area contributed by atoms with Gasteiger partial charge in [-0.05, 0) is 116 Å². The minimum atomic E-state index is -4.38. The highest BCUT2D eigenvalue weighted by atomic mass is 35.5. The molecule has 0 radical (unpaired) electrons. The first kappa shape index (κ1) is 41.2. The van der Waals surface area contributed by atoms with Crippen LogP contribution in [0.4, 0.5) is 17.1 Å². The van der Waals surface area contributed by atoms with E-state index in [-0.39, 0.29) is 27.2 Å². The molecule has 3 N–H and O–H groups in total. The maximum absolute atomic E-state index is 13.3. The van der Waals surface area contributed by atoms with Gasteiger partial charge in [0.1, 0.15) is 5.69 Å². The van der Waals surface area contributed by atoms with Crippen LogP contribution in [0.5, 0.6) is 0 Å². The van der Waals surface area contributed by atoms with Crippen molar-refractivity contribution in [1.29, 1.82) is 0 Å². The summed E-state index contributed by atoms with van der Waals surface area (Å²) >= 11 is 6.19. The van der Waals surface area contributed by atoms with E-state index < -0.39 is 20.9 Å². The van der Waals surface area contributed by atoms with Gasteiger partial charge < -0.3 is 15.5 Å². The third-order valence-corrected chi connectivity index (χ3v) is 14.0. The Morgan fingerprint density at radius 2 is 1.61 bits per heavy atom. The van der Waals surface area contributed by atoms with Crippen molar-refractivity contribution < 1.29 is 18.1 Å². The van der Waals surface area contributed by atoms with Gasteiger partial charge >= 0.3 is 0 Å². The molecule has 12 nitrogen and oxygen atoms in total. The Balaban J connectivity index is 0.916. The molecule has 0 atom stereocenters. The summed E-state index contributed by atoms with van der Waals surface area (Å²) in [5.41, 5.74) is 5.54. The van der Waals surface area contributed by atoms with E-state index in [1.165, 1.54) is 28.8 Å². The number of benzene rings is 3. The molecule has 4 aliphatic rings. The van der Waals surface area contributed by atoms with Crippen molar-refractivity contribution in [2.75, 3.05) is 75.7 Å². The van der Waals surface area contributed by atoms with E-state index in [4.69, 9.17) is 11.6 Å². The maximum Gasteiger partial charge on any atom is 0.293 e. The van der Waals surface area contributed by atoms with Gasteiger partial charge in [-0.3, -0.25) is 24.7 Å². The highest BCUT2D eigenvalue weighted by molar-refractivity contribution is 7.90. The summed E-state index contributed by atoms with van der Waals surface area (Å²) in [5, 5.41) is 19.4. The van der Waals surface area contributed by atoms with Crippen LogP contribution in [0.2, 0.25) is 5.02 Å². The van der Waals surface area contributed by atoms with E-state index in [0.29, 0.717) is 18.5 Å². The van der Waals surface area contributed by atoms with Crippen molar-refractivity contribution in [3.8, 4) is 0 Å². The number of allylic oxidation sites excluding steroid dienone is 1. The first-order valence-corrected chi connectivity index (χ1v) is 22.3. The van der Waals surface area contributed by atoms with Crippen molar-refractivity contribution in [1.82, 2.24) is 19.8 Å². The molecule has 2 saturated heterocycles. The van der Waals surface area contributed by atoms with Crippen LogP contribution in [0.25, 0.3) is 5.57 Å². The van der Waals surface area contributed by atoms with E-state index >= 15 is 0 Å². The van der Waals surface area contributed by atoms with Crippen molar-refractivity contribution >= 4 is 50.2 Å². The van der Waals surface area contributed by atoms with E-state index in [0.717, 1.165) is 121 Å². The van der Waals surface area contributed by atoms with Crippen LogP contribution >= 0.6 is 11.6 Å². The summed E-state index contributed by atoms with van der Waals surface area (Å²) in [6.45, 7) is 13.9. The molecule has 306 valence electrons. The van der Waals surface area contributed by atoms with Crippen LogP contribution in [-0.2, 0) is 10.0 Å². The fourth-order valence-electron chi connectivity index (χ4n) is 9.06. The smallest absolute Gasteiger partial charge is 0.293 e. The molecule has 0 unspecified atom stereocenters. The predicted octanol–water partition coefficient (Wildman–Crippen LogP) is 7.03. The molecule has 1 saturated carbocycles. The Morgan fingerprint density at radius 1 is 0.930 bits per heavy atom. The monoisotopic (exact) mass is 817 g/mol. The summed E-state index contributed by atoms with van der Waals surface area (Å²) in [4.78, 5) is 31.6. The number of carbonyl (C=O) groups excluding carboxylic acids is 1. The zero-order chi connectivity index (χ0) is 40.2. The molecule has 2 aliphatic heterocycles. The largest absolute Gasteiger partial charge is 0.379 e. The molecule has 57 heavy (non-hydrogen) atoms. The van der Waals surface area contributed by atoms with Crippen LogP contribution < -0.4 is 20.3 Å². The van der Waals surface area contributed by atoms with E-state index in [2.05, 4.69) is 56.0 Å². The van der Waals surface area contributed by atoms with Crippen LogP contribution in [-0.4, -0.2) is 101 Å². The molecule has 0 aromatic heterocycles. The lowest BCUT2D eigenvalue weighted by Gasteiger charge is -2.39. The van der Waals surface area contributed by atoms with Gasteiger partial charge in [0.2, 0.25) is 0 Å². The first-order chi connectivity index (χ1) is 27.3. The SMILES string of the molecule is CC1(C)CCC(c2ccc(Cl)cc2)=C(CN2CCN(c3ccc(C(=O)NS(=O)(=O)c4ccc(NC[C@H]5CC[C@H](N6CCNCC6)CC5)c([N+](=O)[O-])c4)cc3)CC2)C1. The van der Waals surface area contributed by atoms with Crippen LogP contribution in [0, 0.1) is 21.4 Å². The van der Waals surface area contributed by atoms with Crippen molar-refractivity contribution in [3.05, 3.63) is 98.6 Å². The molecule has 2 aliphatic carbocycles. The Kier molecular flexibility index (Phi) is 12.9. The minimum Gasteiger partial charge on any atom is -0.379 e. The lowest BCUT2D eigenvalue weighted by Crippen LogP contribution is -2.49. The molecule has 3 fully saturated rings. The number of nitrogens with zero attached hydrogens (tertiary/aromatic N) is 4. The van der Waals surface area contributed by atoms with Crippen LogP contribution in [0.1, 0.15) is 74.7 Å². The molecule has 3 aromatic rings. The van der Waals surface area contributed by atoms with E-state index in [9.17, 15) is 23.3 Å². The molecule has 7 rings (SSSR count). The van der Waals surface area contributed by atoms with Gasteiger partial charge in [-0.25, -0.2) is 13.1 Å². The summed E-state index contributed by atoms with van der Waals surface area (Å²) in [6, 6.07) is 19.5. The number of hydrogen-bond donors (Lipinski definition) is 3. The number of hydrogen-bond acceptors (Lipinski definition) is 10. The normalized spacial score (nSPS) is 22.3. The standard InChI is InChI=1S/C43H56ClN7O5S/c1-43(2)18-17-39(32-5-9-35(44)10-6-32)34(28-43)30-48-23-25-50(26-24-48)37-13-7-33(8-14-37)42(52)47-57(55,56)38-15-16-40(41(27-38)51(53)54)46-29-31-3-11-36(12-4-31)49-21-19-45-20-22-49/h5-10,13-16,27,31,36,45-46H,3-4,11-12,17-26,28-30H2,1-2H3,(H,47,52)/t31-,36-. The molecule has 1 amide bonds. The quantitative estimate of drug-likeness (QED) is 0.129. The number of carbonyl (C=O) groups is 1. The second kappa shape index (κ2) is 17.9. The molecule has 3 aromatic carbocycles. The number of nitro benzene ring substituents is 1. The van der Waals surface area contributed by atoms with Crippen molar-refractivity contribution in [3.63, 3.8) is 0 Å². The van der Waals surface area contributed by atoms with Crippen LogP contribution in [0.15, 0.2) is 77.2 Å². The third-order valence-electron chi connectivity index (χ3n) is 12.4. The first-order valence-electron chi connectivity index (χ1n) is 20.4. The lowest BCUT2D eigenvalue weighted by atomic mass is 9.73. The molecule has 2 heterocycles. The van der Waals surface area contributed by atoms with Gasteiger partial charge in [-0.2, -0.15) is 0 Å². The third kappa shape index (κ3) is 10.4. The summed E-state index contributed by atoms with van der Waals surface area (Å²) in [7, 11) is -4.38. The van der Waals surface area contributed by atoms with Gasteiger partial charge in [0.05, 0.1) is 9.82 Å². The molecule has 14 heteroatoms. The number of rotatable bonds is 12. The molecular formula is C43H56ClN7O5S. The fraction of sp³-hybridized carbons (Fsp3) is 0.512. The number of nitro groups is 1. The van der Waals surface area contributed by atoms with E-state index in [1.54, 1.807) is 12.1 Å². The second-order valence-electron chi connectivity index (χ2n) is 17.0. The second-order valence-corrected chi connectivity index (χ2v) is 19.1. The highest BCUT2D eigenvalue weighted by Gasteiger charge is 2.31. The van der Waals surface area contributed by atoms with Gasteiger partial charge in [-0.15, -0.1) is 0 Å². The van der Waals surface area contributed by atoms with Crippen molar-refractivity contribution in [2.45, 2.75) is 69.7 Å². The number of halogens is 1. The number of piperazine rings is 2. The van der Waals surface area contributed by atoms with Gasteiger partial charge in [0.15, 0.2) is 0 Å².